The number of nitrogens with zero attached hydrogens (tertiary/aromatic N) is 1. The van der Waals surface area contributed by atoms with Crippen LogP contribution >= 0.6 is 11.3 Å². The van der Waals surface area contributed by atoms with Gasteiger partial charge in [-0.1, -0.05) is 12.8 Å². The van der Waals surface area contributed by atoms with Crippen LogP contribution in [0.3, 0.4) is 0 Å². The molecule has 0 saturated heterocycles. The van der Waals surface area contributed by atoms with Crippen molar-refractivity contribution in [1.82, 2.24) is 4.90 Å². The van der Waals surface area contributed by atoms with Crippen LogP contribution in [-0.4, -0.2) is 31.8 Å². The summed E-state index contributed by atoms with van der Waals surface area (Å²) in [5.41, 5.74) is 0. The van der Waals surface area contributed by atoms with Gasteiger partial charge in [0.25, 0.3) is 0 Å². The maximum Gasteiger partial charge on any atom is 0.247 e. The molecule has 2 rings (SSSR count). The Morgan fingerprint density at radius 2 is 2.05 bits per heavy atom. The third-order valence-electron chi connectivity index (χ3n) is 3.67. The average molecular weight is 316 g/mol. The van der Waals surface area contributed by atoms with Crippen molar-refractivity contribution < 1.29 is 13.2 Å². The van der Waals surface area contributed by atoms with Gasteiger partial charge in [0.05, 0.1) is 6.42 Å². The molecule has 0 atom stereocenters. The molecule has 0 aliphatic heterocycles. The van der Waals surface area contributed by atoms with Gasteiger partial charge < -0.3 is 4.90 Å². The molecular weight excluding hydrogens is 296 g/mol. The van der Waals surface area contributed by atoms with Gasteiger partial charge in [-0.25, -0.2) is 13.6 Å². The van der Waals surface area contributed by atoms with E-state index >= 15 is 0 Å². The minimum atomic E-state index is -3.67. The van der Waals surface area contributed by atoms with Gasteiger partial charge in [-0.3, -0.25) is 4.79 Å². The summed E-state index contributed by atoms with van der Waals surface area (Å²) in [5.74, 6) is 0.0715. The molecule has 0 spiro atoms. The number of thiophene rings is 1. The quantitative estimate of drug-likeness (QED) is 0.898. The van der Waals surface area contributed by atoms with Gasteiger partial charge in [-0.2, -0.15) is 0 Å². The molecule has 112 valence electrons. The molecule has 1 aliphatic carbocycles. The molecule has 1 heterocycles. The largest absolute Gasteiger partial charge is 0.340 e. The zero-order valence-corrected chi connectivity index (χ0v) is 13.2. The van der Waals surface area contributed by atoms with E-state index in [0.717, 1.165) is 29.1 Å². The SMILES string of the molecule is CCN(C(=O)Cc1ccc(S(N)(=O)=O)s1)C1CCCC1. The van der Waals surface area contributed by atoms with Gasteiger partial charge in [-0.15, -0.1) is 11.3 Å². The first-order chi connectivity index (χ1) is 9.41. The third-order valence-corrected chi connectivity index (χ3v) is 6.19. The summed E-state index contributed by atoms with van der Waals surface area (Å²) in [5, 5.41) is 5.07. The number of nitrogens with two attached hydrogens (primary N) is 1. The van der Waals surface area contributed by atoms with E-state index in [9.17, 15) is 13.2 Å². The summed E-state index contributed by atoms with van der Waals surface area (Å²) in [4.78, 5) is 15.0. The number of sulfonamides is 1. The van der Waals surface area contributed by atoms with E-state index in [1.54, 1.807) is 6.07 Å². The van der Waals surface area contributed by atoms with Crippen LogP contribution in [0.25, 0.3) is 0 Å². The summed E-state index contributed by atoms with van der Waals surface area (Å²) < 4.78 is 22.6. The van der Waals surface area contributed by atoms with Crippen molar-refractivity contribution in [2.45, 2.75) is 49.3 Å². The monoisotopic (exact) mass is 316 g/mol. The fourth-order valence-electron chi connectivity index (χ4n) is 2.71. The fourth-order valence-corrected chi connectivity index (χ4v) is 4.48. The highest BCUT2D eigenvalue weighted by atomic mass is 32.2. The molecule has 1 fully saturated rings. The molecule has 1 amide bonds. The highest BCUT2D eigenvalue weighted by molar-refractivity contribution is 7.91. The predicted molar refractivity (Wildman–Crippen MR) is 79.0 cm³/mol. The van der Waals surface area contributed by atoms with Gasteiger partial charge in [0.2, 0.25) is 15.9 Å². The molecule has 0 radical (unpaired) electrons. The van der Waals surface area contributed by atoms with Crippen LogP contribution < -0.4 is 5.14 Å². The summed E-state index contributed by atoms with van der Waals surface area (Å²) in [7, 11) is -3.67. The number of amides is 1. The number of rotatable bonds is 5. The lowest BCUT2D eigenvalue weighted by Crippen LogP contribution is -2.39. The second-order valence-electron chi connectivity index (χ2n) is 5.06. The zero-order chi connectivity index (χ0) is 14.8. The van der Waals surface area contributed by atoms with E-state index < -0.39 is 10.0 Å². The predicted octanol–water partition coefficient (Wildman–Crippen LogP) is 1.73. The molecule has 0 aromatic carbocycles. The molecule has 1 aromatic rings. The van der Waals surface area contributed by atoms with Crippen LogP contribution in [0.1, 0.15) is 37.5 Å². The Kier molecular flexibility index (Phi) is 4.82. The third kappa shape index (κ3) is 3.59. The molecule has 1 aliphatic rings. The standard InChI is InChI=1S/C13H20N2O3S2/c1-2-15(10-5-3-4-6-10)12(16)9-11-7-8-13(19-11)20(14,17)18/h7-8,10H,2-6,9H2,1H3,(H2,14,17,18). The molecule has 7 heteroatoms. The highest BCUT2D eigenvalue weighted by Gasteiger charge is 2.25. The first-order valence-electron chi connectivity index (χ1n) is 6.82. The Labute approximate surface area is 123 Å². The summed E-state index contributed by atoms with van der Waals surface area (Å²) in [6.07, 6.45) is 4.77. The van der Waals surface area contributed by atoms with E-state index in [-0.39, 0.29) is 16.5 Å². The summed E-state index contributed by atoms with van der Waals surface area (Å²) >= 11 is 1.08. The fraction of sp³-hybridized carbons (Fsp3) is 0.615. The van der Waals surface area contributed by atoms with Crippen molar-refractivity contribution in [3.8, 4) is 0 Å². The van der Waals surface area contributed by atoms with Crippen LogP contribution in [0.4, 0.5) is 0 Å². The van der Waals surface area contributed by atoms with Gasteiger partial charge in [0.15, 0.2) is 0 Å². The molecule has 2 N–H and O–H groups in total. The van der Waals surface area contributed by atoms with Crippen LogP contribution in [0.5, 0.6) is 0 Å². The Morgan fingerprint density at radius 3 is 2.55 bits per heavy atom. The van der Waals surface area contributed by atoms with Crippen molar-refractivity contribution in [2.24, 2.45) is 5.14 Å². The minimum Gasteiger partial charge on any atom is -0.340 e. The van der Waals surface area contributed by atoms with Gasteiger partial charge in [0, 0.05) is 17.5 Å². The average Bonchev–Trinajstić information content (AvgIpc) is 3.00. The lowest BCUT2D eigenvalue weighted by Gasteiger charge is -2.27. The number of hydrogen-bond donors (Lipinski definition) is 1. The minimum absolute atomic E-state index is 0.0715. The normalized spacial score (nSPS) is 16.5. The summed E-state index contributed by atoms with van der Waals surface area (Å²) in [6.45, 7) is 2.69. The topological polar surface area (TPSA) is 80.5 Å². The highest BCUT2D eigenvalue weighted by Crippen LogP contribution is 2.25. The van der Waals surface area contributed by atoms with Crippen LogP contribution in [-0.2, 0) is 21.2 Å². The molecule has 0 bridgehead atoms. The first-order valence-corrected chi connectivity index (χ1v) is 9.19. The maximum atomic E-state index is 12.3. The van der Waals surface area contributed by atoms with Crippen molar-refractivity contribution >= 4 is 27.3 Å². The Hall–Kier alpha value is -0.920. The van der Waals surface area contributed by atoms with Crippen molar-refractivity contribution in [3.05, 3.63) is 17.0 Å². The van der Waals surface area contributed by atoms with E-state index in [1.165, 1.54) is 18.9 Å². The van der Waals surface area contributed by atoms with Crippen molar-refractivity contribution in [2.75, 3.05) is 6.54 Å². The van der Waals surface area contributed by atoms with Gasteiger partial charge in [-0.05, 0) is 31.9 Å². The number of carbonyl (C=O) groups excluding carboxylic acids is 1. The Balaban J connectivity index is 2.04. The van der Waals surface area contributed by atoms with Crippen molar-refractivity contribution in [1.29, 1.82) is 0 Å². The molecule has 1 saturated carbocycles. The van der Waals surface area contributed by atoms with Gasteiger partial charge >= 0.3 is 0 Å². The zero-order valence-electron chi connectivity index (χ0n) is 11.5. The smallest absolute Gasteiger partial charge is 0.247 e. The lowest BCUT2D eigenvalue weighted by atomic mass is 10.2. The van der Waals surface area contributed by atoms with E-state index in [0.29, 0.717) is 12.6 Å². The lowest BCUT2D eigenvalue weighted by molar-refractivity contribution is -0.132. The van der Waals surface area contributed by atoms with Crippen LogP contribution in [0.2, 0.25) is 0 Å². The second-order valence-corrected chi connectivity index (χ2v) is 8.02. The van der Waals surface area contributed by atoms with Crippen molar-refractivity contribution in [3.63, 3.8) is 0 Å². The number of carbonyl (C=O) groups is 1. The van der Waals surface area contributed by atoms with E-state index in [1.807, 2.05) is 11.8 Å². The number of primary sulfonamides is 1. The summed E-state index contributed by atoms with van der Waals surface area (Å²) in [6, 6.07) is 3.49. The number of hydrogen-bond acceptors (Lipinski definition) is 4. The Morgan fingerprint density at radius 1 is 1.40 bits per heavy atom. The first kappa shape index (κ1) is 15.5. The molecule has 5 nitrogen and oxygen atoms in total. The molecule has 0 unspecified atom stereocenters. The van der Waals surface area contributed by atoms with Crippen LogP contribution in [0, 0.1) is 0 Å². The van der Waals surface area contributed by atoms with Gasteiger partial charge in [0.1, 0.15) is 4.21 Å². The second kappa shape index (κ2) is 6.24. The molecular formula is C13H20N2O3S2. The molecule has 20 heavy (non-hydrogen) atoms. The van der Waals surface area contributed by atoms with E-state index in [4.69, 9.17) is 5.14 Å². The van der Waals surface area contributed by atoms with E-state index in [2.05, 4.69) is 0 Å². The Bertz CT molecular complexity index is 574. The number of likely N-dealkylation sites (N-methyl/N-ethyl adjacent to an activating group) is 1. The van der Waals surface area contributed by atoms with Crippen LogP contribution in [0.15, 0.2) is 16.3 Å². The molecule has 1 aromatic heterocycles. The maximum absolute atomic E-state index is 12.3.